The Morgan fingerprint density at radius 3 is 2.58 bits per heavy atom. The molecule has 2 saturated heterocycles. The number of rotatable bonds is 11. The fourth-order valence-corrected chi connectivity index (χ4v) is 4.72. The van der Waals surface area contributed by atoms with Crippen molar-refractivity contribution in [1.29, 1.82) is 0 Å². The summed E-state index contributed by atoms with van der Waals surface area (Å²) in [6.45, 7) is 0.293. The number of allylic oxidation sites excluding steroid dienone is 2. The third kappa shape index (κ3) is 5.42. The molecular formula is C23H34O3. The molecule has 0 aliphatic carbocycles. The average molecular weight is 359 g/mol. The van der Waals surface area contributed by atoms with Gasteiger partial charge in [-0.3, -0.25) is 0 Å². The van der Waals surface area contributed by atoms with Gasteiger partial charge in [-0.25, -0.2) is 0 Å². The number of hydrogen-bond acceptors (Lipinski definition) is 3. The summed E-state index contributed by atoms with van der Waals surface area (Å²) in [4.78, 5) is 0. The lowest BCUT2D eigenvalue weighted by atomic mass is 9.75. The Morgan fingerprint density at radius 1 is 1.04 bits per heavy atom. The van der Waals surface area contributed by atoms with Gasteiger partial charge in [-0.2, -0.15) is 0 Å². The average Bonchev–Trinajstić information content (AvgIpc) is 3.25. The van der Waals surface area contributed by atoms with E-state index >= 15 is 0 Å². The van der Waals surface area contributed by atoms with E-state index in [1.807, 2.05) is 18.2 Å². The van der Waals surface area contributed by atoms with Crippen LogP contribution >= 0.6 is 0 Å². The normalized spacial score (nSPS) is 28.8. The van der Waals surface area contributed by atoms with Crippen molar-refractivity contribution in [1.82, 2.24) is 0 Å². The molecule has 3 nitrogen and oxygen atoms in total. The van der Waals surface area contributed by atoms with Crippen LogP contribution in [0.4, 0.5) is 0 Å². The summed E-state index contributed by atoms with van der Waals surface area (Å²) in [5.41, 5.74) is 1.21. The summed E-state index contributed by atoms with van der Waals surface area (Å²) in [6, 6.07) is 10.3. The molecule has 1 aromatic rings. The van der Waals surface area contributed by atoms with Crippen LogP contribution in [0.15, 0.2) is 42.5 Å². The molecule has 5 atom stereocenters. The summed E-state index contributed by atoms with van der Waals surface area (Å²) in [7, 11) is 0. The van der Waals surface area contributed by atoms with E-state index in [9.17, 15) is 5.11 Å². The Hall–Kier alpha value is -1.16. The number of unbranched alkanes of at least 4 members (excludes halogenated alkanes) is 2. The van der Waals surface area contributed by atoms with Gasteiger partial charge in [-0.15, -0.1) is 0 Å². The first-order chi connectivity index (χ1) is 12.8. The molecule has 0 radical (unpaired) electrons. The van der Waals surface area contributed by atoms with E-state index in [0.29, 0.717) is 30.7 Å². The van der Waals surface area contributed by atoms with Gasteiger partial charge in [0, 0.05) is 6.61 Å². The SMILES string of the molecule is OCCCC/C=C\C[C@H]1[C@@H](CCC(O)Cc2ccccc2)[C@H]2CC[C@@H]1O2. The van der Waals surface area contributed by atoms with E-state index in [0.717, 1.165) is 44.9 Å². The van der Waals surface area contributed by atoms with Crippen LogP contribution in [0.25, 0.3) is 0 Å². The van der Waals surface area contributed by atoms with Crippen LogP contribution in [0, 0.1) is 11.8 Å². The van der Waals surface area contributed by atoms with Crippen LogP contribution < -0.4 is 0 Å². The topological polar surface area (TPSA) is 49.7 Å². The molecule has 0 spiro atoms. The molecule has 0 saturated carbocycles. The second kappa shape index (κ2) is 10.2. The van der Waals surface area contributed by atoms with Crippen LogP contribution in [0.5, 0.6) is 0 Å². The zero-order valence-electron chi connectivity index (χ0n) is 15.8. The monoisotopic (exact) mass is 358 g/mol. The molecule has 0 aromatic heterocycles. The standard InChI is InChI=1S/C23H34O3/c24-16-8-3-1-2-7-11-20-21(23-15-14-22(20)26-23)13-12-19(25)17-18-9-5-4-6-10-18/h2,4-7,9-10,19-25H,1,3,8,11-17H2/b7-2-/t19?,20-,21+,22-,23+/m0/s1. The summed E-state index contributed by atoms with van der Waals surface area (Å²) < 4.78 is 6.20. The summed E-state index contributed by atoms with van der Waals surface area (Å²) in [5.74, 6) is 1.22. The highest BCUT2D eigenvalue weighted by Crippen LogP contribution is 2.47. The summed E-state index contributed by atoms with van der Waals surface area (Å²) in [5, 5.41) is 19.3. The molecule has 3 heteroatoms. The number of fused-ring (bicyclic) bond motifs is 2. The van der Waals surface area contributed by atoms with Gasteiger partial charge < -0.3 is 14.9 Å². The number of benzene rings is 1. The molecular weight excluding hydrogens is 324 g/mol. The minimum atomic E-state index is -0.258. The highest BCUT2D eigenvalue weighted by molar-refractivity contribution is 5.15. The van der Waals surface area contributed by atoms with E-state index in [1.165, 1.54) is 18.4 Å². The Bertz CT molecular complexity index is 542. The molecule has 144 valence electrons. The molecule has 2 bridgehead atoms. The molecule has 3 rings (SSSR count). The van der Waals surface area contributed by atoms with Crippen LogP contribution in [-0.2, 0) is 11.2 Å². The quantitative estimate of drug-likeness (QED) is 0.459. The highest BCUT2D eigenvalue weighted by atomic mass is 16.5. The zero-order chi connectivity index (χ0) is 18.2. The van der Waals surface area contributed by atoms with Crippen LogP contribution in [-0.4, -0.2) is 35.1 Å². The third-order valence-corrected chi connectivity index (χ3v) is 6.09. The lowest BCUT2D eigenvalue weighted by Crippen LogP contribution is -2.28. The second-order valence-electron chi connectivity index (χ2n) is 7.97. The van der Waals surface area contributed by atoms with Crippen LogP contribution in [0.1, 0.15) is 56.9 Å². The van der Waals surface area contributed by atoms with Gasteiger partial charge in [0.15, 0.2) is 0 Å². The largest absolute Gasteiger partial charge is 0.396 e. The Labute approximate surface area is 158 Å². The van der Waals surface area contributed by atoms with Gasteiger partial charge in [0.1, 0.15) is 0 Å². The van der Waals surface area contributed by atoms with E-state index in [4.69, 9.17) is 9.84 Å². The first-order valence-electron chi connectivity index (χ1n) is 10.4. The maximum Gasteiger partial charge on any atom is 0.0614 e. The predicted octanol–water partition coefficient (Wildman–Crippen LogP) is 4.27. The maximum absolute atomic E-state index is 10.4. The summed E-state index contributed by atoms with van der Waals surface area (Å²) in [6.07, 6.45) is 14.4. The molecule has 2 fully saturated rings. The Kier molecular flexibility index (Phi) is 7.72. The van der Waals surface area contributed by atoms with Crippen molar-refractivity contribution in [2.24, 2.45) is 11.8 Å². The molecule has 2 heterocycles. The predicted molar refractivity (Wildman–Crippen MR) is 105 cm³/mol. The van der Waals surface area contributed by atoms with E-state index < -0.39 is 0 Å². The van der Waals surface area contributed by atoms with E-state index in [2.05, 4.69) is 24.3 Å². The second-order valence-corrected chi connectivity index (χ2v) is 7.97. The minimum absolute atomic E-state index is 0.258. The Balaban J connectivity index is 1.44. The summed E-state index contributed by atoms with van der Waals surface area (Å²) >= 11 is 0. The number of aliphatic hydroxyl groups is 2. The van der Waals surface area contributed by atoms with Crippen molar-refractivity contribution in [3.05, 3.63) is 48.0 Å². The molecule has 2 aliphatic heterocycles. The lowest BCUT2D eigenvalue weighted by molar-refractivity contribution is 0.0837. The first kappa shape index (κ1) is 19.6. The van der Waals surface area contributed by atoms with Gasteiger partial charge >= 0.3 is 0 Å². The molecule has 26 heavy (non-hydrogen) atoms. The molecule has 1 unspecified atom stereocenters. The van der Waals surface area contributed by atoms with Crippen molar-refractivity contribution >= 4 is 0 Å². The van der Waals surface area contributed by atoms with Gasteiger partial charge in [0.2, 0.25) is 0 Å². The van der Waals surface area contributed by atoms with E-state index in [-0.39, 0.29) is 6.10 Å². The maximum atomic E-state index is 10.4. The number of hydrogen-bond donors (Lipinski definition) is 2. The number of aliphatic hydroxyl groups excluding tert-OH is 2. The van der Waals surface area contributed by atoms with Crippen LogP contribution in [0.2, 0.25) is 0 Å². The highest BCUT2D eigenvalue weighted by Gasteiger charge is 2.47. The van der Waals surface area contributed by atoms with Gasteiger partial charge in [-0.1, -0.05) is 42.5 Å². The minimum Gasteiger partial charge on any atom is -0.396 e. The zero-order valence-corrected chi connectivity index (χ0v) is 15.8. The Morgan fingerprint density at radius 2 is 1.81 bits per heavy atom. The third-order valence-electron chi connectivity index (χ3n) is 6.09. The fourth-order valence-electron chi connectivity index (χ4n) is 4.72. The smallest absolute Gasteiger partial charge is 0.0614 e. The van der Waals surface area contributed by atoms with Crippen molar-refractivity contribution in [3.8, 4) is 0 Å². The van der Waals surface area contributed by atoms with Gasteiger partial charge in [0.25, 0.3) is 0 Å². The molecule has 0 amide bonds. The first-order valence-corrected chi connectivity index (χ1v) is 10.4. The van der Waals surface area contributed by atoms with Crippen LogP contribution in [0.3, 0.4) is 0 Å². The molecule has 2 aliphatic rings. The van der Waals surface area contributed by atoms with Gasteiger partial charge in [0.05, 0.1) is 18.3 Å². The molecule has 2 N–H and O–H groups in total. The van der Waals surface area contributed by atoms with Gasteiger partial charge in [-0.05, 0) is 75.2 Å². The van der Waals surface area contributed by atoms with Crippen molar-refractivity contribution in [3.63, 3.8) is 0 Å². The van der Waals surface area contributed by atoms with Crippen molar-refractivity contribution in [2.75, 3.05) is 6.61 Å². The number of ether oxygens (including phenoxy) is 1. The molecule has 1 aromatic carbocycles. The lowest BCUT2D eigenvalue weighted by Gasteiger charge is -2.28. The fraction of sp³-hybridized carbons (Fsp3) is 0.652. The van der Waals surface area contributed by atoms with Crippen molar-refractivity contribution < 1.29 is 14.9 Å². The van der Waals surface area contributed by atoms with E-state index in [1.54, 1.807) is 0 Å². The van der Waals surface area contributed by atoms with Crippen molar-refractivity contribution in [2.45, 2.75) is 76.1 Å².